The number of fused-ring (bicyclic) bond motifs is 1. The molecule has 0 bridgehead atoms. The highest BCUT2D eigenvalue weighted by Crippen LogP contribution is 2.32. The molecule has 2 heterocycles. The zero-order valence-electron chi connectivity index (χ0n) is 11.1. The first-order chi connectivity index (χ1) is 8.79. The minimum Gasteiger partial charge on any atom is -0.480 e. The summed E-state index contributed by atoms with van der Waals surface area (Å²) in [5.74, 6) is -1.05. The highest BCUT2D eigenvalue weighted by atomic mass is 16.6. The molecule has 1 amide bonds. The van der Waals surface area contributed by atoms with Crippen molar-refractivity contribution in [3.8, 4) is 0 Å². The van der Waals surface area contributed by atoms with Crippen molar-refractivity contribution < 1.29 is 19.4 Å². The summed E-state index contributed by atoms with van der Waals surface area (Å²) in [7, 11) is 0. The SMILES string of the molecule is CC(C)(C)OC(=O)N1c2ccncc2CC1C(=O)O. The van der Waals surface area contributed by atoms with Gasteiger partial charge in [-0.3, -0.25) is 9.88 Å². The highest BCUT2D eigenvalue weighted by molar-refractivity contribution is 5.98. The van der Waals surface area contributed by atoms with Crippen LogP contribution in [0, 0.1) is 0 Å². The number of carboxylic acid groups (broad SMARTS) is 1. The lowest BCUT2D eigenvalue weighted by Crippen LogP contribution is -2.45. The fourth-order valence-electron chi connectivity index (χ4n) is 2.01. The number of aromatic nitrogens is 1. The van der Waals surface area contributed by atoms with E-state index in [1.807, 2.05) is 0 Å². The second-order valence-corrected chi connectivity index (χ2v) is 5.41. The van der Waals surface area contributed by atoms with Crippen LogP contribution < -0.4 is 4.90 Å². The summed E-state index contributed by atoms with van der Waals surface area (Å²) >= 11 is 0. The Bertz CT molecular complexity index is 522. The Kier molecular flexibility index (Phi) is 3.18. The van der Waals surface area contributed by atoms with Crippen molar-refractivity contribution in [1.29, 1.82) is 0 Å². The third-order valence-electron chi connectivity index (χ3n) is 2.74. The largest absolute Gasteiger partial charge is 0.480 e. The van der Waals surface area contributed by atoms with Gasteiger partial charge in [0, 0.05) is 18.8 Å². The summed E-state index contributed by atoms with van der Waals surface area (Å²) in [6.45, 7) is 5.22. The molecule has 1 atom stereocenters. The summed E-state index contributed by atoms with van der Waals surface area (Å²) < 4.78 is 5.26. The van der Waals surface area contributed by atoms with Gasteiger partial charge in [0.05, 0.1) is 5.69 Å². The molecule has 0 radical (unpaired) electrons. The van der Waals surface area contributed by atoms with Gasteiger partial charge in [0.15, 0.2) is 0 Å². The Labute approximate surface area is 111 Å². The minimum absolute atomic E-state index is 0.248. The number of hydrogen-bond donors (Lipinski definition) is 1. The first kappa shape index (κ1) is 13.3. The number of amides is 1. The van der Waals surface area contributed by atoms with Crippen molar-refractivity contribution >= 4 is 17.7 Å². The maximum Gasteiger partial charge on any atom is 0.415 e. The van der Waals surface area contributed by atoms with Crippen LogP contribution in [-0.4, -0.2) is 33.8 Å². The van der Waals surface area contributed by atoms with Crippen LogP contribution in [0.1, 0.15) is 26.3 Å². The molecule has 6 heteroatoms. The van der Waals surface area contributed by atoms with Crippen molar-refractivity contribution in [2.75, 3.05) is 4.90 Å². The van der Waals surface area contributed by atoms with E-state index >= 15 is 0 Å². The van der Waals surface area contributed by atoms with Gasteiger partial charge in [-0.2, -0.15) is 0 Å². The Hall–Kier alpha value is -2.11. The van der Waals surface area contributed by atoms with Crippen molar-refractivity contribution in [3.05, 3.63) is 24.0 Å². The average Bonchev–Trinajstić information content (AvgIpc) is 2.65. The van der Waals surface area contributed by atoms with Crippen molar-refractivity contribution in [2.45, 2.75) is 38.8 Å². The molecule has 1 aromatic rings. The molecule has 0 aliphatic carbocycles. The van der Waals surface area contributed by atoms with Crippen LogP contribution in [0.2, 0.25) is 0 Å². The van der Waals surface area contributed by atoms with Crippen LogP contribution in [0.5, 0.6) is 0 Å². The van der Waals surface area contributed by atoms with Gasteiger partial charge in [0.1, 0.15) is 11.6 Å². The Morgan fingerprint density at radius 3 is 2.74 bits per heavy atom. The second-order valence-electron chi connectivity index (χ2n) is 5.41. The summed E-state index contributed by atoms with van der Waals surface area (Å²) in [5, 5.41) is 9.23. The topological polar surface area (TPSA) is 79.7 Å². The number of carbonyl (C=O) groups is 2. The average molecular weight is 264 g/mol. The van der Waals surface area contributed by atoms with Crippen molar-refractivity contribution in [2.24, 2.45) is 0 Å². The number of carbonyl (C=O) groups excluding carboxylic acids is 1. The Morgan fingerprint density at radius 2 is 2.16 bits per heavy atom. The number of aliphatic carboxylic acids is 1. The lowest BCUT2D eigenvalue weighted by Gasteiger charge is -2.27. The fourth-order valence-corrected chi connectivity index (χ4v) is 2.01. The van der Waals surface area contributed by atoms with E-state index in [9.17, 15) is 14.7 Å². The number of anilines is 1. The normalized spacial score (nSPS) is 18.1. The molecular formula is C13H16N2O4. The number of hydrogen-bond acceptors (Lipinski definition) is 4. The fraction of sp³-hybridized carbons (Fsp3) is 0.462. The van der Waals surface area contributed by atoms with Crippen LogP contribution in [0.4, 0.5) is 10.5 Å². The molecule has 6 nitrogen and oxygen atoms in total. The van der Waals surface area contributed by atoms with Crippen LogP contribution in [0.25, 0.3) is 0 Å². The Morgan fingerprint density at radius 1 is 1.47 bits per heavy atom. The summed E-state index contributed by atoms with van der Waals surface area (Å²) in [6, 6.07) is 0.691. The van der Waals surface area contributed by atoms with Gasteiger partial charge >= 0.3 is 12.1 Å². The number of pyridine rings is 1. The molecule has 1 aliphatic heterocycles. The molecule has 1 aromatic heterocycles. The molecule has 2 rings (SSSR count). The van der Waals surface area contributed by atoms with Gasteiger partial charge in [-0.05, 0) is 32.4 Å². The lowest BCUT2D eigenvalue weighted by atomic mass is 10.1. The van der Waals surface area contributed by atoms with Gasteiger partial charge in [-0.25, -0.2) is 9.59 Å². The number of rotatable bonds is 1. The van der Waals surface area contributed by atoms with Crippen molar-refractivity contribution in [1.82, 2.24) is 4.98 Å². The molecule has 0 saturated carbocycles. The van der Waals surface area contributed by atoms with Gasteiger partial charge in [-0.1, -0.05) is 0 Å². The summed E-state index contributed by atoms with van der Waals surface area (Å²) in [5.41, 5.74) is 0.619. The highest BCUT2D eigenvalue weighted by Gasteiger charge is 2.40. The van der Waals surface area contributed by atoms with E-state index in [0.29, 0.717) is 5.69 Å². The first-order valence-electron chi connectivity index (χ1n) is 5.97. The molecular weight excluding hydrogens is 248 g/mol. The number of nitrogens with zero attached hydrogens (tertiary/aromatic N) is 2. The van der Waals surface area contributed by atoms with Gasteiger partial charge < -0.3 is 9.84 Å². The predicted molar refractivity (Wildman–Crippen MR) is 68.1 cm³/mol. The maximum absolute atomic E-state index is 12.2. The third-order valence-corrected chi connectivity index (χ3v) is 2.74. The van der Waals surface area contributed by atoms with E-state index in [2.05, 4.69) is 4.98 Å². The zero-order chi connectivity index (χ0) is 14.2. The van der Waals surface area contributed by atoms with E-state index in [1.165, 1.54) is 11.1 Å². The second kappa shape index (κ2) is 4.53. The molecule has 0 saturated heterocycles. The minimum atomic E-state index is -1.05. The smallest absolute Gasteiger partial charge is 0.415 e. The lowest BCUT2D eigenvalue weighted by molar-refractivity contribution is -0.138. The maximum atomic E-state index is 12.2. The molecule has 0 spiro atoms. The van der Waals surface area contributed by atoms with Gasteiger partial charge in [0.2, 0.25) is 0 Å². The molecule has 0 fully saturated rings. The number of ether oxygens (including phenoxy) is 1. The molecule has 1 aliphatic rings. The van der Waals surface area contributed by atoms with E-state index in [4.69, 9.17) is 4.74 Å². The molecule has 1 unspecified atom stereocenters. The van der Waals surface area contributed by atoms with E-state index in [1.54, 1.807) is 33.0 Å². The van der Waals surface area contributed by atoms with Gasteiger partial charge in [0.25, 0.3) is 0 Å². The quantitative estimate of drug-likeness (QED) is 0.837. The monoisotopic (exact) mass is 264 g/mol. The summed E-state index contributed by atoms with van der Waals surface area (Å²) in [6.07, 6.45) is 2.71. The standard InChI is InChI=1S/C13H16N2O4/c1-13(2,3)19-12(18)15-9-4-5-14-7-8(9)6-10(15)11(16)17/h4-5,7,10H,6H2,1-3H3,(H,16,17). The summed E-state index contributed by atoms with van der Waals surface area (Å²) in [4.78, 5) is 28.6. The first-order valence-corrected chi connectivity index (χ1v) is 5.97. The van der Waals surface area contributed by atoms with Crippen LogP contribution in [0.15, 0.2) is 18.5 Å². The molecule has 0 aromatic carbocycles. The van der Waals surface area contributed by atoms with E-state index < -0.39 is 23.7 Å². The van der Waals surface area contributed by atoms with Crippen molar-refractivity contribution in [3.63, 3.8) is 0 Å². The molecule has 19 heavy (non-hydrogen) atoms. The molecule has 102 valence electrons. The van der Waals surface area contributed by atoms with Crippen LogP contribution in [0.3, 0.4) is 0 Å². The van der Waals surface area contributed by atoms with E-state index in [-0.39, 0.29) is 6.42 Å². The van der Waals surface area contributed by atoms with E-state index in [0.717, 1.165) is 5.56 Å². The predicted octanol–water partition coefficient (Wildman–Crippen LogP) is 1.83. The zero-order valence-corrected chi connectivity index (χ0v) is 11.1. The van der Waals surface area contributed by atoms with Crippen LogP contribution >= 0.6 is 0 Å². The third kappa shape index (κ3) is 2.67. The van der Waals surface area contributed by atoms with Crippen LogP contribution in [-0.2, 0) is 16.0 Å². The Balaban J connectivity index is 2.34. The molecule has 1 N–H and O–H groups in total. The van der Waals surface area contributed by atoms with Gasteiger partial charge in [-0.15, -0.1) is 0 Å². The number of carboxylic acids is 1.